The van der Waals surface area contributed by atoms with Crippen molar-refractivity contribution in [2.45, 2.75) is 11.5 Å². The molecule has 0 atom stereocenters. The van der Waals surface area contributed by atoms with Crippen LogP contribution in [-0.2, 0) is 16.6 Å². The molecule has 0 unspecified atom stereocenters. The van der Waals surface area contributed by atoms with E-state index in [1.165, 1.54) is 25.5 Å². The number of sulfonamides is 1. The summed E-state index contributed by atoms with van der Waals surface area (Å²) >= 11 is 6.18. The topological polar surface area (TPSA) is 77.0 Å². The van der Waals surface area contributed by atoms with Gasteiger partial charge in [0.2, 0.25) is 0 Å². The van der Waals surface area contributed by atoms with Gasteiger partial charge in [0, 0.05) is 16.1 Å². The maximum absolute atomic E-state index is 12.3. The average molecular weight is 431 g/mol. The van der Waals surface area contributed by atoms with Crippen LogP contribution in [0.15, 0.2) is 82.8 Å². The molecule has 3 rings (SSSR count). The van der Waals surface area contributed by atoms with Gasteiger partial charge in [-0.2, -0.15) is 13.5 Å². The second-order valence-electron chi connectivity index (χ2n) is 5.92. The summed E-state index contributed by atoms with van der Waals surface area (Å²) in [6, 6.07) is 20.6. The molecule has 3 aromatic carbocycles. The van der Waals surface area contributed by atoms with Crippen molar-refractivity contribution in [2.75, 3.05) is 7.11 Å². The second-order valence-corrected chi connectivity index (χ2v) is 7.99. The highest BCUT2D eigenvalue weighted by atomic mass is 35.5. The summed E-state index contributed by atoms with van der Waals surface area (Å²) < 4.78 is 35.8. The van der Waals surface area contributed by atoms with E-state index in [4.69, 9.17) is 21.1 Å². The Balaban J connectivity index is 1.80. The minimum atomic E-state index is -3.76. The number of ether oxygens (including phenoxy) is 2. The zero-order valence-corrected chi connectivity index (χ0v) is 17.2. The molecule has 0 bridgehead atoms. The quantitative estimate of drug-likeness (QED) is 0.428. The Morgan fingerprint density at radius 2 is 1.72 bits per heavy atom. The van der Waals surface area contributed by atoms with Crippen molar-refractivity contribution >= 4 is 27.8 Å². The van der Waals surface area contributed by atoms with Crippen LogP contribution in [-0.4, -0.2) is 21.7 Å². The van der Waals surface area contributed by atoms with E-state index in [1.54, 1.807) is 42.5 Å². The van der Waals surface area contributed by atoms with Crippen LogP contribution in [0, 0.1) is 0 Å². The fourth-order valence-electron chi connectivity index (χ4n) is 2.53. The van der Waals surface area contributed by atoms with E-state index in [0.29, 0.717) is 22.1 Å². The molecular weight excluding hydrogens is 412 g/mol. The van der Waals surface area contributed by atoms with Crippen LogP contribution in [0.5, 0.6) is 11.5 Å². The minimum absolute atomic E-state index is 0.123. The van der Waals surface area contributed by atoms with E-state index in [-0.39, 0.29) is 11.5 Å². The number of hydrogen-bond donors (Lipinski definition) is 1. The molecule has 0 amide bonds. The Morgan fingerprint density at radius 1 is 1.00 bits per heavy atom. The molecule has 0 fully saturated rings. The third kappa shape index (κ3) is 5.28. The van der Waals surface area contributed by atoms with Gasteiger partial charge in [0.15, 0.2) is 11.5 Å². The molecular formula is C21H19ClN2O4S. The van der Waals surface area contributed by atoms with E-state index in [2.05, 4.69) is 9.93 Å². The first-order chi connectivity index (χ1) is 14.0. The second kappa shape index (κ2) is 9.45. The summed E-state index contributed by atoms with van der Waals surface area (Å²) in [4.78, 5) is 2.32. The number of nitrogens with zero attached hydrogens (tertiary/aromatic N) is 1. The highest BCUT2D eigenvalue weighted by Gasteiger charge is 2.13. The van der Waals surface area contributed by atoms with E-state index >= 15 is 0 Å². The van der Waals surface area contributed by atoms with Gasteiger partial charge in [0.25, 0.3) is 10.0 Å². The minimum Gasteiger partial charge on any atom is -0.493 e. The van der Waals surface area contributed by atoms with Crippen LogP contribution in [0.2, 0.25) is 5.02 Å². The molecule has 1 N–H and O–H groups in total. The van der Waals surface area contributed by atoms with Crippen molar-refractivity contribution in [1.82, 2.24) is 4.83 Å². The number of hydrazone groups is 1. The van der Waals surface area contributed by atoms with Crippen LogP contribution < -0.4 is 14.3 Å². The van der Waals surface area contributed by atoms with Crippen LogP contribution in [0.1, 0.15) is 11.1 Å². The maximum atomic E-state index is 12.3. The van der Waals surface area contributed by atoms with E-state index in [1.807, 2.05) is 18.2 Å². The molecule has 0 aliphatic heterocycles. The molecule has 0 aliphatic carbocycles. The van der Waals surface area contributed by atoms with Crippen molar-refractivity contribution in [3.63, 3.8) is 0 Å². The molecule has 0 aromatic heterocycles. The number of halogens is 1. The van der Waals surface area contributed by atoms with Gasteiger partial charge in [-0.3, -0.25) is 0 Å². The summed E-state index contributed by atoms with van der Waals surface area (Å²) in [6.45, 7) is 0.219. The predicted octanol–water partition coefficient (Wildman–Crippen LogP) is 4.24. The SMILES string of the molecule is COc1cccc(/C=N/NS(=O)(=O)c2ccccc2)c1OCc1ccccc1Cl. The molecule has 0 spiro atoms. The van der Waals surface area contributed by atoms with Gasteiger partial charge in [0.1, 0.15) is 6.61 Å². The third-order valence-corrected chi connectivity index (χ3v) is 5.60. The number of methoxy groups -OCH3 is 1. The van der Waals surface area contributed by atoms with Crippen molar-refractivity contribution < 1.29 is 17.9 Å². The lowest BCUT2D eigenvalue weighted by Gasteiger charge is -2.14. The summed E-state index contributed by atoms with van der Waals surface area (Å²) in [5.41, 5.74) is 1.36. The zero-order chi connectivity index (χ0) is 20.7. The molecule has 0 heterocycles. The van der Waals surface area contributed by atoms with Crippen LogP contribution in [0.25, 0.3) is 0 Å². The molecule has 0 aliphatic rings. The van der Waals surface area contributed by atoms with E-state index < -0.39 is 10.0 Å². The highest BCUT2D eigenvalue weighted by molar-refractivity contribution is 7.89. The van der Waals surface area contributed by atoms with Gasteiger partial charge in [-0.1, -0.05) is 54.1 Å². The monoisotopic (exact) mass is 430 g/mol. The molecule has 0 saturated heterocycles. The maximum Gasteiger partial charge on any atom is 0.276 e. The number of benzene rings is 3. The van der Waals surface area contributed by atoms with Gasteiger partial charge in [-0.15, -0.1) is 0 Å². The van der Waals surface area contributed by atoms with Crippen LogP contribution in [0.3, 0.4) is 0 Å². The van der Waals surface area contributed by atoms with Crippen molar-refractivity contribution in [3.8, 4) is 11.5 Å². The summed E-state index contributed by atoms with van der Waals surface area (Å²) in [6.07, 6.45) is 1.37. The van der Waals surface area contributed by atoms with Crippen molar-refractivity contribution in [3.05, 3.63) is 88.9 Å². The lowest BCUT2D eigenvalue weighted by molar-refractivity contribution is 0.284. The smallest absolute Gasteiger partial charge is 0.276 e. The van der Waals surface area contributed by atoms with Gasteiger partial charge in [0.05, 0.1) is 18.2 Å². The average Bonchev–Trinajstić information content (AvgIpc) is 2.74. The largest absolute Gasteiger partial charge is 0.493 e. The van der Waals surface area contributed by atoms with E-state index in [9.17, 15) is 8.42 Å². The Morgan fingerprint density at radius 3 is 2.45 bits per heavy atom. The molecule has 8 heteroatoms. The predicted molar refractivity (Wildman–Crippen MR) is 113 cm³/mol. The lowest BCUT2D eigenvalue weighted by Crippen LogP contribution is -2.18. The lowest BCUT2D eigenvalue weighted by atomic mass is 10.2. The van der Waals surface area contributed by atoms with Gasteiger partial charge in [-0.05, 0) is 30.3 Å². The first-order valence-electron chi connectivity index (χ1n) is 8.64. The Labute approximate surface area is 174 Å². The van der Waals surface area contributed by atoms with E-state index in [0.717, 1.165) is 5.56 Å². The number of para-hydroxylation sites is 1. The highest BCUT2D eigenvalue weighted by Crippen LogP contribution is 2.31. The first-order valence-corrected chi connectivity index (χ1v) is 10.5. The zero-order valence-electron chi connectivity index (χ0n) is 15.6. The molecule has 6 nitrogen and oxygen atoms in total. The molecule has 0 radical (unpaired) electrons. The van der Waals surface area contributed by atoms with Crippen LogP contribution in [0.4, 0.5) is 0 Å². The summed E-state index contributed by atoms with van der Waals surface area (Å²) in [5, 5.41) is 4.46. The third-order valence-electron chi connectivity index (χ3n) is 3.99. The molecule has 150 valence electrons. The summed E-state index contributed by atoms with van der Waals surface area (Å²) in [7, 11) is -2.23. The fourth-order valence-corrected chi connectivity index (χ4v) is 3.54. The fraction of sp³-hybridized carbons (Fsp3) is 0.0952. The van der Waals surface area contributed by atoms with Crippen molar-refractivity contribution in [1.29, 1.82) is 0 Å². The number of rotatable bonds is 8. The van der Waals surface area contributed by atoms with Crippen LogP contribution >= 0.6 is 11.6 Å². The number of nitrogens with one attached hydrogen (secondary N) is 1. The standard InChI is InChI=1S/C21H19ClN2O4S/c1-27-20-13-7-9-16(21(20)28-15-17-8-5-6-12-19(17)22)14-23-24-29(25,26)18-10-3-2-4-11-18/h2-14,24H,15H2,1H3/b23-14+. The normalized spacial score (nSPS) is 11.4. The first kappa shape index (κ1) is 20.7. The Kier molecular flexibility index (Phi) is 6.74. The summed E-state index contributed by atoms with van der Waals surface area (Å²) in [5.74, 6) is 0.921. The Hall–Kier alpha value is -3.03. The number of hydrogen-bond acceptors (Lipinski definition) is 5. The Bertz CT molecular complexity index is 1100. The molecule has 0 saturated carbocycles. The van der Waals surface area contributed by atoms with Gasteiger partial charge >= 0.3 is 0 Å². The van der Waals surface area contributed by atoms with Gasteiger partial charge in [-0.25, -0.2) is 4.83 Å². The molecule has 3 aromatic rings. The van der Waals surface area contributed by atoms with Crippen molar-refractivity contribution in [2.24, 2.45) is 5.10 Å². The molecule has 29 heavy (non-hydrogen) atoms. The van der Waals surface area contributed by atoms with Gasteiger partial charge < -0.3 is 9.47 Å².